The number of furan rings is 1. The molecule has 2 N–H and O–H groups in total. The highest BCUT2D eigenvalue weighted by Crippen LogP contribution is 2.25. The van der Waals surface area contributed by atoms with Crippen molar-refractivity contribution in [2.45, 2.75) is 6.54 Å². The third-order valence-corrected chi connectivity index (χ3v) is 3.24. The predicted octanol–water partition coefficient (Wildman–Crippen LogP) is 3.43. The van der Waals surface area contributed by atoms with Gasteiger partial charge < -0.3 is 10.2 Å². The first-order valence-corrected chi connectivity index (χ1v) is 6.21. The van der Waals surface area contributed by atoms with Crippen LogP contribution in [0.25, 0.3) is 11.3 Å². The zero-order valence-electron chi connectivity index (χ0n) is 10.1. The van der Waals surface area contributed by atoms with E-state index in [1.807, 2.05) is 30.3 Å². The molecular formula is C14H12ClN3O. The third kappa shape index (κ3) is 2.35. The van der Waals surface area contributed by atoms with Gasteiger partial charge in [0, 0.05) is 16.8 Å². The summed E-state index contributed by atoms with van der Waals surface area (Å²) < 4.78 is 6.82. The number of nitrogen functional groups attached to an aromatic ring is 1. The van der Waals surface area contributed by atoms with Crippen LogP contribution in [0.3, 0.4) is 0 Å². The Bertz CT molecular complexity index is 689. The topological polar surface area (TPSA) is 57.0 Å². The molecule has 0 unspecified atom stereocenters. The molecule has 0 atom stereocenters. The van der Waals surface area contributed by atoms with Gasteiger partial charge in [-0.25, -0.2) is 0 Å². The summed E-state index contributed by atoms with van der Waals surface area (Å²) in [4.78, 5) is 0. The first-order chi connectivity index (χ1) is 9.24. The van der Waals surface area contributed by atoms with Crippen LogP contribution >= 0.6 is 11.6 Å². The molecule has 0 spiro atoms. The van der Waals surface area contributed by atoms with Crippen molar-refractivity contribution in [2.75, 3.05) is 5.73 Å². The Morgan fingerprint density at radius 2 is 2.11 bits per heavy atom. The van der Waals surface area contributed by atoms with E-state index in [-0.39, 0.29) is 0 Å². The molecule has 2 heterocycles. The fourth-order valence-electron chi connectivity index (χ4n) is 1.94. The molecule has 0 saturated heterocycles. The second-order valence-corrected chi connectivity index (χ2v) is 4.64. The van der Waals surface area contributed by atoms with E-state index < -0.39 is 0 Å². The Morgan fingerprint density at radius 3 is 2.84 bits per heavy atom. The van der Waals surface area contributed by atoms with E-state index in [2.05, 4.69) is 5.10 Å². The van der Waals surface area contributed by atoms with Gasteiger partial charge >= 0.3 is 0 Å². The first-order valence-electron chi connectivity index (χ1n) is 5.83. The van der Waals surface area contributed by atoms with E-state index in [0.29, 0.717) is 12.2 Å². The Labute approximate surface area is 115 Å². The maximum absolute atomic E-state index is 6.13. The summed E-state index contributed by atoms with van der Waals surface area (Å²) in [5, 5.41) is 5.19. The smallest absolute Gasteiger partial charge is 0.118 e. The summed E-state index contributed by atoms with van der Waals surface area (Å²) >= 11 is 6.13. The van der Waals surface area contributed by atoms with Crippen molar-refractivity contribution in [3.63, 3.8) is 0 Å². The Balaban J connectivity index is 1.91. The zero-order chi connectivity index (χ0) is 13.2. The van der Waals surface area contributed by atoms with E-state index in [1.165, 1.54) is 0 Å². The van der Waals surface area contributed by atoms with Crippen LogP contribution < -0.4 is 5.73 Å². The van der Waals surface area contributed by atoms with Gasteiger partial charge in [0.15, 0.2) is 0 Å². The van der Waals surface area contributed by atoms with Crippen LogP contribution in [0.2, 0.25) is 5.02 Å². The molecule has 0 aliphatic carbocycles. The van der Waals surface area contributed by atoms with Gasteiger partial charge in [0.05, 0.1) is 24.8 Å². The zero-order valence-corrected chi connectivity index (χ0v) is 10.8. The minimum Gasteiger partial charge on any atom is -0.472 e. The van der Waals surface area contributed by atoms with Gasteiger partial charge in [-0.1, -0.05) is 29.8 Å². The second-order valence-electron chi connectivity index (χ2n) is 4.23. The molecule has 0 amide bonds. The monoisotopic (exact) mass is 273 g/mol. The number of aromatic nitrogens is 2. The lowest BCUT2D eigenvalue weighted by atomic mass is 10.2. The average molecular weight is 274 g/mol. The van der Waals surface area contributed by atoms with Gasteiger partial charge in [0.1, 0.15) is 5.69 Å². The molecule has 5 heteroatoms. The first kappa shape index (κ1) is 11.9. The summed E-state index contributed by atoms with van der Waals surface area (Å²) in [7, 11) is 0. The predicted molar refractivity (Wildman–Crippen MR) is 74.9 cm³/mol. The molecule has 0 bridgehead atoms. The minimum atomic E-state index is 0.585. The molecule has 2 aromatic heterocycles. The molecule has 0 aliphatic heterocycles. The van der Waals surface area contributed by atoms with Crippen LogP contribution in [0.15, 0.2) is 53.5 Å². The van der Waals surface area contributed by atoms with Crippen molar-refractivity contribution in [1.29, 1.82) is 0 Å². The van der Waals surface area contributed by atoms with Crippen LogP contribution in [0, 0.1) is 0 Å². The number of hydrogen-bond acceptors (Lipinski definition) is 3. The summed E-state index contributed by atoms with van der Waals surface area (Å²) in [6.07, 6.45) is 5.02. The summed E-state index contributed by atoms with van der Waals surface area (Å²) in [5.41, 5.74) is 9.18. The molecule has 0 radical (unpaired) electrons. The van der Waals surface area contributed by atoms with Gasteiger partial charge in [-0.3, -0.25) is 4.68 Å². The quantitative estimate of drug-likeness (QED) is 0.795. The normalized spacial score (nSPS) is 10.8. The van der Waals surface area contributed by atoms with E-state index in [4.69, 9.17) is 21.8 Å². The molecule has 1 aromatic carbocycles. The van der Waals surface area contributed by atoms with Crippen LogP contribution in [0.5, 0.6) is 0 Å². The van der Waals surface area contributed by atoms with E-state index in [0.717, 1.165) is 21.8 Å². The molecule has 3 aromatic rings. The largest absolute Gasteiger partial charge is 0.472 e. The molecule has 19 heavy (non-hydrogen) atoms. The number of nitrogens with zero attached hydrogens (tertiary/aromatic N) is 2. The molecule has 0 saturated carbocycles. The fraction of sp³-hybridized carbons (Fsp3) is 0.0714. The number of rotatable bonds is 3. The van der Waals surface area contributed by atoms with Gasteiger partial charge in [-0.15, -0.1) is 0 Å². The van der Waals surface area contributed by atoms with Crippen LogP contribution in [0.1, 0.15) is 5.56 Å². The number of halogens is 1. The summed E-state index contributed by atoms with van der Waals surface area (Å²) in [6, 6.07) is 9.52. The highest BCUT2D eigenvalue weighted by molar-refractivity contribution is 6.31. The standard InChI is InChI=1S/C14H12ClN3O/c15-12-4-2-1-3-10(12)7-18-8-13(16)14(17-18)11-5-6-19-9-11/h1-6,8-9H,7,16H2. The lowest BCUT2D eigenvalue weighted by molar-refractivity contribution is 0.568. The van der Waals surface area contributed by atoms with Gasteiger partial charge in [0.25, 0.3) is 0 Å². The SMILES string of the molecule is Nc1cn(Cc2ccccc2Cl)nc1-c1ccoc1. The van der Waals surface area contributed by atoms with Crippen molar-refractivity contribution >= 4 is 17.3 Å². The van der Waals surface area contributed by atoms with E-state index in [9.17, 15) is 0 Å². The fourth-order valence-corrected chi connectivity index (χ4v) is 2.14. The molecule has 3 rings (SSSR count). The third-order valence-electron chi connectivity index (χ3n) is 2.87. The summed E-state index contributed by atoms with van der Waals surface area (Å²) in [5.74, 6) is 0. The Hall–Kier alpha value is -2.20. The number of benzene rings is 1. The molecule has 0 aliphatic rings. The molecule has 96 valence electrons. The lowest BCUT2D eigenvalue weighted by Crippen LogP contribution is -2.00. The lowest BCUT2D eigenvalue weighted by Gasteiger charge is -2.03. The number of nitrogens with two attached hydrogens (primary N) is 1. The maximum Gasteiger partial charge on any atom is 0.118 e. The van der Waals surface area contributed by atoms with Gasteiger partial charge in [-0.05, 0) is 17.7 Å². The van der Waals surface area contributed by atoms with E-state index in [1.54, 1.807) is 23.4 Å². The summed E-state index contributed by atoms with van der Waals surface area (Å²) in [6.45, 7) is 0.585. The van der Waals surface area contributed by atoms with Crippen LogP contribution in [-0.4, -0.2) is 9.78 Å². The number of anilines is 1. The highest BCUT2D eigenvalue weighted by Gasteiger charge is 2.10. The van der Waals surface area contributed by atoms with Crippen molar-refractivity contribution < 1.29 is 4.42 Å². The van der Waals surface area contributed by atoms with Crippen LogP contribution in [-0.2, 0) is 6.54 Å². The Morgan fingerprint density at radius 1 is 1.26 bits per heavy atom. The van der Waals surface area contributed by atoms with Gasteiger partial charge in [0.2, 0.25) is 0 Å². The minimum absolute atomic E-state index is 0.585. The van der Waals surface area contributed by atoms with Crippen molar-refractivity contribution in [3.05, 3.63) is 59.6 Å². The second kappa shape index (κ2) is 4.82. The van der Waals surface area contributed by atoms with E-state index >= 15 is 0 Å². The van der Waals surface area contributed by atoms with Crippen molar-refractivity contribution in [1.82, 2.24) is 9.78 Å². The van der Waals surface area contributed by atoms with Crippen molar-refractivity contribution in [3.8, 4) is 11.3 Å². The van der Waals surface area contributed by atoms with Crippen molar-refractivity contribution in [2.24, 2.45) is 0 Å². The average Bonchev–Trinajstić information content (AvgIpc) is 3.01. The van der Waals surface area contributed by atoms with Gasteiger partial charge in [-0.2, -0.15) is 5.10 Å². The Kier molecular flexibility index (Phi) is 3.01. The van der Waals surface area contributed by atoms with Crippen LogP contribution in [0.4, 0.5) is 5.69 Å². The highest BCUT2D eigenvalue weighted by atomic mass is 35.5. The number of hydrogen-bond donors (Lipinski definition) is 1. The molecular weight excluding hydrogens is 262 g/mol. The maximum atomic E-state index is 6.13. The molecule has 4 nitrogen and oxygen atoms in total. The molecule has 0 fully saturated rings.